The zero-order valence-electron chi connectivity index (χ0n) is 11.0. The fraction of sp³-hybridized carbons (Fsp3) is 0.133. The van der Waals surface area contributed by atoms with Crippen molar-refractivity contribution in [2.75, 3.05) is 12.4 Å². The van der Waals surface area contributed by atoms with Gasteiger partial charge in [0.2, 0.25) is 0 Å². The zero-order chi connectivity index (χ0) is 14.7. The summed E-state index contributed by atoms with van der Waals surface area (Å²) in [5.74, 6) is 0.274. The summed E-state index contributed by atoms with van der Waals surface area (Å²) >= 11 is 9.29. The van der Waals surface area contributed by atoms with E-state index >= 15 is 0 Å². The Bertz CT molecular complexity index is 658. The topological polar surface area (TPSA) is 38.3 Å². The van der Waals surface area contributed by atoms with Gasteiger partial charge in [-0.2, -0.15) is 0 Å². The van der Waals surface area contributed by atoms with Gasteiger partial charge in [-0.05, 0) is 42.8 Å². The fourth-order valence-corrected chi connectivity index (χ4v) is 2.28. The highest BCUT2D eigenvalue weighted by Gasteiger charge is 2.13. The summed E-state index contributed by atoms with van der Waals surface area (Å²) in [7, 11) is 1.53. The number of hydrogen-bond donors (Lipinski definition) is 1. The maximum Gasteiger partial charge on any atom is 0.259 e. The number of anilines is 1. The van der Waals surface area contributed by atoms with Gasteiger partial charge in [-0.15, -0.1) is 0 Å². The van der Waals surface area contributed by atoms with E-state index in [1.165, 1.54) is 7.11 Å². The third kappa shape index (κ3) is 3.32. The van der Waals surface area contributed by atoms with E-state index in [4.69, 9.17) is 16.3 Å². The highest BCUT2D eigenvalue weighted by atomic mass is 79.9. The molecule has 0 aromatic heterocycles. The highest BCUT2D eigenvalue weighted by Crippen LogP contribution is 2.26. The molecule has 1 amide bonds. The predicted molar refractivity (Wildman–Crippen MR) is 84.8 cm³/mol. The summed E-state index contributed by atoms with van der Waals surface area (Å²) in [6, 6.07) is 10.6. The van der Waals surface area contributed by atoms with E-state index in [0.29, 0.717) is 22.0 Å². The van der Waals surface area contributed by atoms with Crippen LogP contribution in [0.1, 0.15) is 15.9 Å². The van der Waals surface area contributed by atoms with Gasteiger partial charge in [0.05, 0.1) is 12.7 Å². The smallest absolute Gasteiger partial charge is 0.259 e. The Balaban J connectivity index is 2.30. The average Bonchev–Trinajstić information content (AvgIpc) is 2.42. The van der Waals surface area contributed by atoms with Crippen molar-refractivity contribution in [3.8, 4) is 5.75 Å². The molecule has 0 heterocycles. The molecule has 0 saturated heterocycles. The van der Waals surface area contributed by atoms with Crippen molar-refractivity contribution in [3.63, 3.8) is 0 Å². The molecule has 2 rings (SSSR count). The molecule has 20 heavy (non-hydrogen) atoms. The third-order valence-electron chi connectivity index (χ3n) is 2.86. The van der Waals surface area contributed by atoms with Crippen LogP contribution in [0.2, 0.25) is 5.02 Å². The molecule has 0 unspecified atom stereocenters. The minimum absolute atomic E-state index is 0.236. The van der Waals surface area contributed by atoms with Crippen molar-refractivity contribution < 1.29 is 9.53 Å². The van der Waals surface area contributed by atoms with Crippen LogP contribution in [-0.2, 0) is 0 Å². The number of methoxy groups -OCH3 is 1. The van der Waals surface area contributed by atoms with Crippen molar-refractivity contribution >= 4 is 39.1 Å². The Morgan fingerprint density at radius 3 is 2.70 bits per heavy atom. The van der Waals surface area contributed by atoms with Gasteiger partial charge in [-0.1, -0.05) is 33.6 Å². The number of benzene rings is 2. The SMILES string of the molecule is COc1cc(Br)ccc1C(=O)Nc1cc(Cl)ccc1C. The van der Waals surface area contributed by atoms with E-state index in [9.17, 15) is 4.79 Å². The molecule has 0 bridgehead atoms. The molecule has 0 atom stereocenters. The lowest BCUT2D eigenvalue weighted by Crippen LogP contribution is -2.14. The van der Waals surface area contributed by atoms with Crippen LogP contribution >= 0.6 is 27.5 Å². The van der Waals surface area contributed by atoms with Crippen molar-refractivity contribution in [2.24, 2.45) is 0 Å². The number of carbonyl (C=O) groups excluding carboxylic acids is 1. The van der Waals surface area contributed by atoms with Gasteiger partial charge in [0.15, 0.2) is 0 Å². The number of amides is 1. The standard InChI is InChI=1S/C15H13BrClNO2/c1-9-3-5-11(17)8-13(9)18-15(19)12-6-4-10(16)7-14(12)20-2/h3-8H,1-2H3,(H,18,19). The number of aryl methyl sites for hydroxylation is 1. The first kappa shape index (κ1) is 14.9. The molecular weight excluding hydrogens is 342 g/mol. The summed E-state index contributed by atoms with van der Waals surface area (Å²) in [4.78, 5) is 12.3. The van der Waals surface area contributed by atoms with E-state index in [1.807, 2.05) is 13.0 Å². The Hall–Kier alpha value is -1.52. The first-order valence-electron chi connectivity index (χ1n) is 5.92. The number of hydrogen-bond acceptors (Lipinski definition) is 2. The van der Waals surface area contributed by atoms with E-state index in [0.717, 1.165) is 10.0 Å². The van der Waals surface area contributed by atoms with Gasteiger partial charge in [0, 0.05) is 15.2 Å². The molecule has 0 saturated carbocycles. The Morgan fingerprint density at radius 2 is 2.00 bits per heavy atom. The average molecular weight is 355 g/mol. The molecule has 104 valence electrons. The van der Waals surface area contributed by atoms with Crippen molar-refractivity contribution in [1.29, 1.82) is 0 Å². The summed E-state index contributed by atoms with van der Waals surface area (Å²) in [6.45, 7) is 1.91. The van der Waals surface area contributed by atoms with Crippen molar-refractivity contribution in [1.82, 2.24) is 0 Å². The molecule has 0 aliphatic rings. The third-order valence-corrected chi connectivity index (χ3v) is 3.58. The molecule has 2 aromatic rings. The molecule has 0 radical (unpaired) electrons. The molecular formula is C15H13BrClNO2. The molecule has 3 nitrogen and oxygen atoms in total. The molecule has 5 heteroatoms. The summed E-state index contributed by atoms with van der Waals surface area (Å²) < 4.78 is 6.07. The number of carbonyl (C=O) groups is 1. The van der Waals surface area contributed by atoms with Gasteiger partial charge >= 0.3 is 0 Å². The van der Waals surface area contributed by atoms with Crippen LogP contribution in [-0.4, -0.2) is 13.0 Å². The maximum atomic E-state index is 12.3. The van der Waals surface area contributed by atoms with Gasteiger partial charge in [-0.3, -0.25) is 4.79 Å². The lowest BCUT2D eigenvalue weighted by Gasteiger charge is -2.11. The van der Waals surface area contributed by atoms with Crippen LogP contribution < -0.4 is 10.1 Å². The normalized spacial score (nSPS) is 10.2. The zero-order valence-corrected chi connectivity index (χ0v) is 13.4. The number of ether oxygens (including phenoxy) is 1. The first-order valence-corrected chi connectivity index (χ1v) is 7.09. The lowest BCUT2D eigenvalue weighted by atomic mass is 10.1. The van der Waals surface area contributed by atoms with Crippen molar-refractivity contribution in [2.45, 2.75) is 6.92 Å². The van der Waals surface area contributed by atoms with Crippen LogP contribution in [0.3, 0.4) is 0 Å². The van der Waals surface area contributed by atoms with Crippen LogP contribution in [0.25, 0.3) is 0 Å². The maximum absolute atomic E-state index is 12.3. The molecule has 0 fully saturated rings. The van der Waals surface area contributed by atoms with E-state index in [-0.39, 0.29) is 5.91 Å². The van der Waals surface area contributed by atoms with Crippen LogP contribution in [0, 0.1) is 6.92 Å². The summed E-state index contributed by atoms with van der Waals surface area (Å²) in [5.41, 5.74) is 2.10. The number of halogens is 2. The predicted octanol–water partition coefficient (Wildman–Crippen LogP) is 4.67. The monoisotopic (exact) mass is 353 g/mol. The van der Waals surface area contributed by atoms with Gasteiger partial charge in [0.25, 0.3) is 5.91 Å². The van der Waals surface area contributed by atoms with E-state index in [1.54, 1.807) is 30.3 Å². The van der Waals surface area contributed by atoms with Gasteiger partial charge in [-0.25, -0.2) is 0 Å². The fourth-order valence-electron chi connectivity index (χ4n) is 1.77. The Morgan fingerprint density at radius 1 is 1.25 bits per heavy atom. The van der Waals surface area contributed by atoms with Gasteiger partial charge < -0.3 is 10.1 Å². The quantitative estimate of drug-likeness (QED) is 0.869. The second-order valence-corrected chi connectivity index (χ2v) is 5.61. The Kier molecular flexibility index (Phi) is 4.68. The summed E-state index contributed by atoms with van der Waals surface area (Å²) in [6.07, 6.45) is 0. The van der Waals surface area contributed by atoms with E-state index in [2.05, 4.69) is 21.2 Å². The molecule has 0 spiro atoms. The van der Waals surface area contributed by atoms with E-state index < -0.39 is 0 Å². The van der Waals surface area contributed by atoms with Crippen LogP contribution in [0.4, 0.5) is 5.69 Å². The number of rotatable bonds is 3. The molecule has 0 aliphatic heterocycles. The van der Waals surface area contributed by atoms with Crippen LogP contribution in [0.15, 0.2) is 40.9 Å². The highest BCUT2D eigenvalue weighted by molar-refractivity contribution is 9.10. The molecule has 2 aromatic carbocycles. The first-order chi connectivity index (χ1) is 9.51. The molecule has 0 aliphatic carbocycles. The Labute approximate surface area is 131 Å². The largest absolute Gasteiger partial charge is 0.496 e. The lowest BCUT2D eigenvalue weighted by molar-refractivity contribution is 0.102. The minimum atomic E-state index is -0.236. The second kappa shape index (κ2) is 6.29. The molecule has 1 N–H and O–H groups in total. The minimum Gasteiger partial charge on any atom is -0.496 e. The van der Waals surface area contributed by atoms with Crippen LogP contribution in [0.5, 0.6) is 5.75 Å². The second-order valence-electron chi connectivity index (χ2n) is 4.26. The van der Waals surface area contributed by atoms with Gasteiger partial charge in [0.1, 0.15) is 5.75 Å². The number of nitrogens with one attached hydrogen (secondary N) is 1. The van der Waals surface area contributed by atoms with Crippen molar-refractivity contribution in [3.05, 3.63) is 57.0 Å². The summed E-state index contributed by atoms with van der Waals surface area (Å²) in [5, 5.41) is 3.42.